The van der Waals surface area contributed by atoms with Gasteiger partial charge in [0.2, 0.25) is 0 Å². The first kappa shape index (κ1) is 16.5. The zero-order valence-electron chi connectivity index (χ0n) is 14.6. The SMILES string of the molecule is c1cc(-c2ccc3nc[nH]c3c2)ccn1.c1ccc([C@@H]2CCNC2)cc1. The number of H-pyrrole nitrogens is 1. The van der Waals surface area contributed by atoms with Crippen LogP contribution in [0.3, 0.4) is 0 Å². The lowest BCUT2D eigenvalue weighted by Gasteiger charge is -2.06. The van der Waals surface area contributed by atoms with Gasteiger partial charge in [0.25, 0.3) is 0 Å². The van der Waals surface area contributed by atoms with Gasteiger partial charge in [-0.1, -0.05) is 36.4 Å². The number of aromatic amines is 1. The van der Waals surface area contributed by atoms with E-state index in [9.17, 15) is 0 Å². The van der Waals surface area contributed by atoms with E-state index in [0.29, 0.717) is 0 Å². The molecular weight excluding hydrogens is 320 g/mol. The predicted octanol–water partition coefficient (Wildman–Crippen LogP) is 4.39. The smallest absolute Gasteiger partial charge is 0.0931 e. The molecule has 0 unspecified atom stereocenters. The van der Waals surface area contributed by atoms with E-state index in [1.165, 1.54) is 29.7 Å². The van der Waals surface area contributed by atoms with Gasteiger partial charge in [0.05, 0.1) is 17.4 Å². The summed E-state index contributed by atoms with van der Waals surface area (Å²) in [6, 6.07) is 20.9. The Hall–Kier alpha value is -2.98. The van der Waals surface area contributed by atoms with Crippen LogP contribution in [0.4, 0.5) is 0 Å². The highest BCUT2D eigenvalue weighted by molar-refractivity contribution is 5.81. The summed E-state index contributed by atoms with van der Waals surface area (Å²) in [6.45, 7) is 2.34. The van der Waals surface area contributed by atoms with E-state index in [0.717, 1.165) is 23.5 Å². The maximum Gasteiger partial charge on any atom is 0.0931 e. The van der Waals surface area contributed by atoms with Crippen LogP contribution in [0.1, 0.15) is 17.9 Å². The molecule has 4 nitrogen and oxygen atoms in total. The van der Waals surface area contributed by atoms with Crippen molar-refractivity contribution in [3.63, 3.8) is 0 Å². The number of nitrogens with one attached hydrogen (secondary N) is 2. The number of aromatic nitrogens is 3. The number of pyridine rings is 1. The number of nitrogens with zero attached hydrogens (tertiary/aromatic N) is 2. The Morgan fingerprint density at radius 3 is 2.50 bits per heavy atom. The van der Waals surface area contributed by atoms with Gasteiger partial charge in [-0.3, -0.25) is 4.98 Å². The number of benzene rings is 2. The summed E-state index contributed by atoms with van der Waals surface area (Å²) in [4.78, 5) is 11.3. The van der Waals surface area contributed by atoms with E-state index < -0.39 is 0 Å². The maximum atomic E-state index is 4.19. The highest BCUT2D eigenvalue weighted by Crippen LogP contribution is 2.22. The van der Waals surface area contributed by atoms with Gasteiger partial charge in [-0.25, -0.2) is 4.98 Å². The summed E-state index contributed by atoms with van der Waals surface area (Å²) in [5.41, 5.74) is 5.88. The largest absolute Gasteiger partial charge is 0.345 e. The van der Waals surface area contributed by atoms with Crippen molar-refractivity contribution in [2.45, 2.75) is 12.3 Å². The average Bonchev–Trinajstić information content (AvgIpc) is 3.41. The fourth-order valence-corrected chi connectivity index (χ4v) is 3.32. The van der Waals surface area contributed by atoms with Crippen molar-refractivity contribution in [1.82, 2.24) is 20.3 Å². The van der Waals surface area contributed by atoms with Crippen molar-refractivity contribution in [2.75, 3.05) is 13.1 Å². The summed E-state index contributed by atoms with van der Waals surface area (Å²) < 4.78 is 0. The molecule has 0 spiro atoms. The molecule has 1 fully saturated rings. The summed E-state index contributed by atoms with van der Waals surface area (Å²) in [7, 11) is 0. The first-order chi connectivity index (χ1) is 12.9. The van der Waals surface area contributed by atoms with Gasteiger partial charge < -0.3 is 10.3 Å². The van der Waals surface area contributed by atoms with Crippen molar-refractivity contribution in [3.05, 3.63) is 84.9 Å². The Labute approximate surface area is 153 Å². The van der Waals surface area contributed by atoms with Crippen LogP contribution in [-0.2, 0) is 0 Å². The van der Waals surface area contributed by atoms with Gasteiger partial charge in [0, 0.05) is 18.9 Å². The predicted molar refractivity (Wildman–Crippen MR) is 106 cm³/mol. The highest BCUT2D eigenvalue weighted by atomic mass is 14.9. The molecule has 0 amide bonds. The molecule has 0 bridgehead atoms. The maximum absolute atomic E-state index is 4.19. The topological polar surface area (TPSA) is 53.6 Å². The fraction of sp³-hybridized carbons (Fsp3) is 0.182. The molecule has 1 aliphatic rings. The molecule has 4 heteroatoms. The summed E-state index contributed by atoms with van der Waals surface area (Å²) in [5.74, 6) is 0.760. The molecule has 1 aliphatic heterocycles. The van der Waals surface area contributed by atoms with Crippen LogP contribution in [0.25, 0.3) is 22.2 Å². The van der Waals surface area contributed by atoms with Crippen molar-refractivity contribution >= 4 is 11.0 Å². The van der Waals surface area contributed by atoms with E-state index in [1.807, 2.05) is 18.2 Å². The van der Waals surface area contributed by atoms with E-state index in [-0.39, 0.29) is 0 Å². The first-order valence-corrected chi connectivity index (χ1v) is 8.99. The minimum atomic E-state index is 0.760. The summed E-state index contributed by atoms with van der Waals surface area (Å²) in [6.07, 6.45) is 6.60. The number of hydrogen-bond acceptors (Lipinski definition) is 3. The minimum absolute atomic E-state index is 0.760. The molecule has 0 radical (unpaired) electrons. The van der Waals surface area contributed by atoms with Crippen LogP contribution in [-0.4, -0.2) is 28.0 Å². The van der Waals surface area contributed by atoms with Gasteiger partial charge in [-0.05, 0) is 59.8 Å². The number of hydrogen-bond donors (Lipinski definition) is 2. The monoisotopic (exact) mass is 342 g/mol. The normalized spacial score (nSPS) is 16.2. The molecule has 0 aliphatic carbocycles. The van der Waals surface area contributed by atoms with Crippen LogP contribution in [0, 0.1) is 0 Å². The van der Waals surface area contributed by atoms with E-state index in [2.05, 4.69) is 62.7 Å². The van der Waals surface area contributed by atoms with Gasteiger partial charge in [0.1, 0.15) is 0 Å². The number of imidazole rings is 1. The molecule has 2 aromatic carbocycles. The molecule has 2 aromatic heterocycles. The molecule has 1 atom stereocenters. The minimum Gasteiger partial charge on any atom is -0.345 e. The van der Waals surface area contributed by atoms with Crippen LogP contribution < -0.4 is 5.32 Å². The molecule has 3 heterocycles. The second kappa shape index (κ2) is 7.93. The highest BCUT2D eigenvalue weighted by Gasteiger charge is 2.15. The van der Waals surface area contributed by atoms with Crippen molar-refractivity contribution in [3.8, 4) is 11.1 Å². The molecule has 5 rings (SSSR count). The fourth-order valence-electron chi connectivity index (χ4n) is 3.32. The zero-order valence-corrected chi connectivity index (χ0v) is 14.6. The van der Waals surface area contributed by atoms with E-state index in [1.54, 1.807) is 18.7 Å². The van der Waals surface area contributed by atoms with Gasteiger partial charge in [0.15, 0.2) is 0 Å². The van der Waals surface area contributed by atoms with Gasteiger partial charge in [-0.2, -0.15) is 0 Å². The average molecular weight is 342 g/mol. The van der Waals surface area contributed by atoms with Crippen LogP contribution in [0.15, 0.2) is 79.4 Å². The van der Waals surface area contributed by atoms with Gasteiger partial charge in [-0.15, -0.1) is 0 Å². The molecule has 1 saturated heterocycles. The Bertz CT molecular complexity index is 941. The molecule has 26 heavy (non-hydrogen) atoms. The second-order valence-electron chi connectivity index (χ2n) is 6.47. The van der Waals surface area contributed by atoms with Crippen molar-refractivity contribution in [2.24, 2.45) is 0 Å². The molecular formula is C22H22N4. The summed E-state index contributed by atoms with van der Waals surface area (Å²) >= 11 is 0. The third kappa shape index (κ3) is 3.81. The van der Waals surface area contributed by atoms with Crippen molar-refractivity contribution < 1.29 is 0 Å². The standard InChI is InChI=1S/C12H9N3.C10H13N/c1-2-11-12(15-8-14-11)7-10(1)9-3-5-13-6-4-9;1-2-4-9(5-3-1)10-6-7-11-8-10/h1-8H,(H,14,15);1-5,10-11H,6-8H2/t;10-/m.1/s1. The number of fused-ring (bicyclic) bond motifs is 1. The van der Waals surface area contributed by atoms with Crippen LogP contribution in [0.5, 0.6) is 0 Å². The first-order valence-electron chi connectivity index (χ1n) is 8.99. The van der Waals surface area contributed by atoms with Crippen LogP contribution in [0.2, 0.25) is 0 Å². The quantitative estimate of drug-likeness (QED) is 0.568. The summed E-state index contributed by atoms with van der Waals surface area (Å²) in [5, 5.41) is 3.37. The Balaban J connectivity index is 0.000000136. The molecule has 130 valence electrons. The second-order valence-corrected chi connectivity index (χ2v) is 6.47. The molecule has 4 aromatic rings. The molecule has 2 N–H and O–H groups in total. The Morgan fingerprint density at radius 1 is 0.885 bits per heavy atom. The van der Waals surface area contributed by atoms with Gasteiger partial charge >= 0.3 is 0 Å². The number of rotatable bonds is 2. The van der Waals surface area contributed by atoms with Crippen LogP contribution >= 0.6 is 0 Å². The Kier molecular flexibility index (Phi) is 5.03. The third-order valence-electron chi connectivity index (χ3n) is 4.77. The lowest BCUT2D eigenvalue weighted by atomic mass is 9.99. The Morgan fingerprint density at radius 2 is 1.73 bits per heavy atom. The molecule has 0 saturated carbocycles. The third-order valence-corrected chi connectivity index (χ3v) is 4.77. The van der Waals surface area contributed by atoms with Crippen molar-refractivity contribution in [1.29, 1.82) is 0 Å². The van der Waals surface area contributed by atoms with E-state index >= 15 is 0 Å². The lowest BCUT2D eigenvalue weighted by Crippen LogP contribution is -2.07. The lowest BCUT2D eigenvalue weighted by molar-refractivity contribution is 0.763. The zero-order chi connectivity index (χ0) is 17.6. The van der Waals surface area contributed by atoms with E-state index in [4.69, 9.17) is 0 Å².